The largest absolute Gasteiger partial charge is 0.497 e. The molecule has 0 unspecified atom stereocenters. The van der Waals surface area contributed by atoms with Crippen LogP contribution in [0.1, 0.15) is 29.5 Å². The van der Waals surface area contributed by atoms with Crippen LogP contribution in [0.25, 0.3) is 16.9 Å². The molecule has 0 aliphatic heterocycles. The summed E-state index contributed by atoms with van der Waals surface area (Å²) in [7, 11) is 1.45. The van der Waals surface area contributed by atoms with Crippen LogP contribution in [0, 0.1) is 0 Å². The fourth-order valence-corrected chi connectivity index (χ4v) is 2.84. The number of hydrogen-bond donors (Lipinski definition) is 1. The van der Waals surface area contributed by atoms with Crippen molar-refractivity contribution < 1.29 is 22.7 Å². The Morgan fingerprint density at radius 1 is 1.32 bits per heavy atom. The molecule has 0 saturated carbocycles. The zero-order valence-corrected chi connectivity index (χ0v) is 15.7. The number of carbonyl (C=O) groups excluding carboxylic acids is 1. The van der Waals surface area contributed by atoms with Gasteiger partial charge in [-0.3, -0.25) is 4.79 Å². The molecule has 0 aliphatic rings. The molecule has 1 aromatic carbocycles. The molecule has 2 aromatic heterocycles. The van der Waals surface area contributed by atoms with Gasteiger partial charge in [0.1, 0.15) is 10.8 Å². The average Bonchev–Trinajstić information content (AvgIpc) is 3.01. The highest BCUT2D eigenvalue weighted by atomic mass is 35.5. The maximum atomic E-state index is 13.6. The van der Waals surface area contributed by atoms with Crippen LogP contribution in [0.5, 0.6) is 5.75 Å². The molecule has 2 heterocycles. The van der Waals surface area contributed by atoms with Crippen molar-refractivity contribution in [2.24, 2.45) is 0 Å². The number of nitrogens with one attached hydrogen (secondary N) is 1. The normalized spacial score (nSPS) is 11.6. The quantitative estimate of drug-likeness (QED) is 0.681. The Hall–Kier alpha value is -2.81. The predicted octanol–water partition coefficient (Wildman–Crippen LogP) is 4.22. The van der Waals surface area contributed by atoms with Gasteiger partial charge < -0.3 is 10.1 Å². The Morgan fingerprint density at radius 3 is 2.71 bits per heavy atom. The van der Waals surface area contributed by atoms with Crippen molar-refractivity contribution in [3.05, 3.63) is 46.7 Å². The molecule has 0 spiro atoms. The molecular weight excluding hydrogens is 397 g/mol. The number of nitrogens with zero attached hydrogens (tertiary/aromatic N) is 3. The molecule has 10 heteroatoms. The third-order valence-corrected chi connectivity index (χ3v) is 4.29. The third-order valence-electron chi connectivity index (χ3n) is 3.94. The molecule has 6 nitrogen and oxygen atoms in total. The molecule has 148 valence electrons. The first kappa shape index (κ1) is 19.9. The zero-order valence-electron chi connectivity index (χ0n) is 15.0. The van der Waals surface area contributed by atoms with Crippen LogP contribution < -0.4 is 10.1 Å². The summed E-state index contributed by atoms with van der Waals surface area (Å²) < 4.78 is 46.6. The first-order chi connectivity index (χ1) is 13.3. The van der Waals surface area contributed by atoms with E-state index in [0.29, 0.717) is 28.8 Å². The molecule has 28 heavy (non-hydrogen) atoms. The standard InChI is InChI=1S/C18H16ClF3N4O2/c1-3-7-23-17(27)15-14(19)16-24-12(10-5-4-6-11(8-10)28-2)9-13(18(20,21)22)26(16)25-15/h4-6,8-9H,3,7H2,1-2H3,(H,23,27). The van der Waals surface area contributed by atoms with Gasteiger partial charge in [-0.2, -0.15) is 18.3 Å². The van der Waals surface area contributed by atoms with Crippen LogP contribution in [0.4, 0.5) is 13.2 Å². The number of carbonyl (C=O) groups is 1. The lowest BCUT2D eigenvalue weighted by atomic mass is 10.1. The van der Waals surface area contributed by atoms with Crippen molar-refractivity contribution in [1.82, 2.24) is 19.9 Å². The molecule has 0 aliphatic carbocycles. The van der Waals surface area contributed by atoms with E-state index in [1.54, 1.807) is 24.3 Å². The maximum absolute atomic E-state index is 13.6. The Morgan fingerprint density at radius 2 is 2.07 bits per heavy atom. The molecule has 3 aromatic rings. The van der Waals surface area contributed by atoms with Crippen LogP contribution in [0.3, 0.4) is 0 Å². The van der Waals surface area contributed by atoms with Gasteiger partial charge in [0.15, 0.2) is 17.0 Å². The number of amides is 1. The van der Waals surface area contributed by atoms with E-state index in [2.05, 4.69) is 15.4 Å². The van der Waals surface area contributed by atoms with Crippen LogP contribution in [-0.2, 0) is 6.18 Å². The average molecular weight is 413 g/mol. The maximum Gasteiger partial charge on any atom is 0.433 e. The molecule has 0 fully saturated rings. The van der Waals surface area contributed by atoms with E-state index in [9.17, 15) is 18.0 Å². The summed E-state index contributed by atoms with van der Waals surface area (Å²) in [5.41, 5.74) is -1.22. The zero-order chi connectivity index (χ0) is 20.5. The molecule has 1 amide bonds. The van der Waals surface area contributed by atoms with Crippen molar-refractivity contribution in [1.29, 1.82) is 0 Å². The van der Waals surface area contributed by atoms with Gasteiger partial charge in [0.2, 0.25) is 0 Å². The summed E-state index contributed by atoms with van der Waals surface area (Å²) in [6, 6.07) is 7.31. The first-order valence-electron chi connectivity index (χ1n) is 8.35. The van der Waals surface area contributed by atoms with E-state index in [1.165, 1.54) is 7.11 Å². The number of rotatable bonds is 5. The Bertz CT molecular complexity index is 1030. The lowest BCUT2D eigenvalue weighted by Crippen LogP contribution is -2.24. The minimum Gasteiger partial charge on any atom is -0.497 e. The van der Waals surface area contributed by atoms with E-state index in [1.807, 2.05) is 6.92 Å². The number of ether oxygens (including phenoxy) is 1. The molecule has 0 radical (unpaired) electrons. The fourth-order valence-electron chi connectivity index (χ4n) is 2.59. The number of benzene rings is 1. The Labute approximate surface area is 163 Å². The van der Waals surface area contributed by atoms with Crippen molar-refractivity contribution in [3.8, 4) is 17.0 Å². The lowest BCUT2D eigenvalue weighted by Gasteiger charge is -2.11. The second-order valence-corrected chi connectivity index (χ2v) is 6.29. The topological polar surface area (TPSA) is 68.5 Å². The minimum atomic E-state index is -4.73. The fraction of sp³-hybridized carbons (Fsp3) is 0.278. The van der Waals surface area contributed by atoms with Crippen LogP contribution in [0.2, 0.25) is 5.02 Å². The van der Waals surface area contributed by atoms with Gasteiger partial charge in [0.25, 0.3) is 5.91 Å². The van der Waals surface area contributed by atoms with Crippen molar-refractivity contribution in [2.45, 2.75) is 19.5 Å². The SMILES string of the molecule is CCCNC(=O)c1nn2c(C(F)(F)F)cc(-c3cccc(OC)c3)nc2c1Cl. The van der Waals surface area contributed by atoms with E-state index >= 15 is 0 Å². The van der Waals surface area contributed by atoms with E-state index in [0.717, 1.165) is 6.07 Å². The van der Waals surface area contributed by atoms with Crippen LogP contribution >= 0.6 is 11.6 Å². The van der Waals surface area contributed by atoms with Crippen molar-refractivity contribution in [2.75, 3.05) is 13.7 Å². The number of alkyl halides is 3. The monoisotopic (exact) mass is 412 g/mol. The van der Waals surface area contributed by atoms with Gasteiger partial charge in [-0.1, -0.05) is 30.7 Å². The number of hydrogen-bond acceptors (Lipinski definition) is 4. The molecule has 1 N–H and O–H groups in total. The second kappa shape index (κ2) is 7.67. The summed E-state index contributed by atoms with van der Waals surface area (Å²) in [4.78, 5) is 16.4. The highest BCUT2D eigenvalue weighted by Crippen LogP contribution is 2.35. The third kappa shape index (κ3) is 3.75. The van der Waals surface area contributed by atoms with Gasteiger partial charge in [-0.15, -0.1) is 0 Å². The highest BCUT2D eigenvalue weighted by Gasteiger charge is 2.36. The predicted molar refractivity (Wildman–Crippen MR) is 97.6 cm³/mol. The van der Waals surface area contributed by atoms with Gasteiger partial charge in [-0.05, 0) is 24.6 Å². The molecule has 3 rings (SSSR count). The molecule has 0 saturated heterocycles. The second-order valence-electron chi connectivity index (χ2n) is 5.91. The molecule has 0 bridgehead atoms. The summed E-state index contributed by atoms with van der Waals surface area (Å²) in [6.45, 7) is 2.19. The highest BCUT2D eigenvalue weighted by molar-refractivity contribution is 6.36. The summed E-state index contributed by atoms with van der Waals surface area (Å²) in [5, 5.41) is 6.06. The number of aromatic nitrogens is 3. The number of fused-ring (bicyclic) bond motifs is 1. The van der Waals surface area contributed by atoms with Crippen molar-refractivity contribution in [3.63, 3.8) is 0 Å². The minimum absolute atomic E-state index is 0.0287. The van der Waals surface area contributed by atoms with Crippen molar-refractivity contribution >= 4 is 23.2 Å². The Kier molecular flexibility index (Phi) is 5.46. The van der Waals surface area contributed by atoms with E-state index in [-0.39, 0.29) is 22.1 Å². The van der Waals surface area contributed by atoms with Gasteiger partial charge >= 0.3 is 6.18 Å². The lowest BCUT2D eigenvalue weighted by molar-refractivity contribution is -0.142. The number of methoxy groups -OCH3 is 1. The van der Waals surface area contributed by atoms with Gasteiger partial charge in [0.05, 0.1) is 12.8 Å². The van der Waals surface area contributed by atoms with Gasteiger partial charge in [-0.25, -0.2) is 9.50 Å². The summed E-state index contributed by atoms with van der Waals surface area (Å²) in [6.07, 6.45) is -4.08. The van der Waals surface area contributed by atoms with E-state index in [4.69, 9.17) is 16.3 Å². The first-order valence-corrected chi connectivity index (χ1v) is 8.73. The van der Waals surface area contributed by atoms with Gasteiger partial charge in [0, 0.05) is 12.1 Å². The molecule has 0 atom stereocenters. The Balaban J connectivity index is 2.23. The molecular formula is C18H16ClF3N4O2. The number of halogens is 4. The van der Waals surface area contributed by atoms with E-state index < -0.39 is 17.8 Å². The summed E-state index contributed by atoms with van der Waals surface area (Å²) >= 11 is 6.17. The van der Waals surface area contributed by atoms with Crippen LogP contribution in [-0.4, -0.2) is 34.2 Å². The smallest absolute Gasteiger partial charge is 0.433 e. The van der Waals surface area contributed by atoms with Crippen LogP contribution in [0.15, 0.2) is 30.3 Å². The summed E-state index contributed by atoms with van der Waals surface area (Å²) in [5.74, 6) is -0.194.